The Hall–Kier alpha value is -2.83. The van der Waals surface area contributed by atoms with E-state index in [1.165, 1.54) is 0 Å². The molecule has 3 aromatic rings. The Bertz CT molecular complexity index is 1100. The average Bonchev–Trinajstić information content (AvgIpc) is 2.80. The Balaban J connectivity index is 1.77. The van der Waals surface area contributed by atoms with Gasteiger partial charge >= 0.3 is 0 Å². The quantitative estimate of drug-likeness (QED) is 0.468. The van der Waals surface area contributed by atoms with E-state index in [4.69, 9.17) is 14.5 Å². The third-order valence-corrected chi connectivity index (χ3v) is 5.81. The summed E-state index contributed by atoms with van der Waals surface area (Å²) in [6, 6.07) is 21.5. The van der Waals surface area contributed by atoms with E-state index >= 15 is 0 Å². The minimum Gasteiger partial charge on any atom is -0.504 e. The van der Waals surface area contributed by atoms with Crippen molar-refractivity contribution in [2.45, 2.75) is 25.6 Å². The summed E-state index contributed by atoms with van der Waals surface area (Å²) < 4.78 is 12.0. The minimum absolute atomic E-state index is 0.136. The minimum atomic E-state index is -0.280. The summed E-state index contributed by atoms with van der Waals surface area (Å²) in [6.07, 6.45) is 0.359. The van der Waals surface area contributed by atoms with Crippen molar-refractivity contribution >= 4 is 21.6 Å². The van der Waals surface area contributed by atoms with Gasteiger partial charge in [0.05, 0.1) is 13.7 Å². The molecule has 0 unspecified atom stereocenters. The number of ether oxygens (including phenoxy) is 2. The molecule has 0 saturated heterocycles. The molecule has 1 aliphatic rings. The van der Waals surface area contributed by atoms with Crippen LogP contribution in [0.1, 0.15) is 42.2 Å². The first kappa shape index (κ1) is 21.4. The molecule has 1 aliphatic heterocycles. The van der Waals surface area contributed by atoms with Crippen LogP contribution in [0.4, 0.5) is 0 Å². The zero-order chi connectivity index (χ0) is 21.8. The lowest BCUT2D eigenvalue weighted by Crippen LogP contribution is -2.33. The second kappa shape index (κ2) is 9.54. The molecule has 0 aromatic heterocycles. The number of nitrogens with one attached hydrogen (secondary N) is 1. The third kappa shape index (κ3) is 4.75. The number of aliphatic imine (C=N–C) groups is 1. The number of rotatable bonds is 6. The van der Waals surface area contributed by atoms with E-state index in [-0.39, 0.29) is 18.0 Å². The predicted octanol–water partition coefficient (Wildman–Crippen LogP) is 5.78. The van der Waals surface area contributed by atoms with Crippen LogP contribution < -0.4 is 14.8 Å². The molecule has 0 fully saturated rings. The normalized spacial score (nSPS) is 18.4. The standard InChI is InChI=1S/C25H25BrN2O3/c1-3-31-23-12-6-11-20(24(23)29)22-15-21(16-7-4-9-18(26)13-16)27-25(28-22)17-8-5-10-19(14-17)30-2/h4-14,22,25,28-29H,3,15H2,1-2H3/t22-,25+/m1/s1. The summed E-state index contributed by atoms with van der Waals surface area (Å²) in [5.41, 5.74) is 3.81. The Kier molecular flexibility index (Phi) is 6.59. The van der Waals surface area contributed by atoms with Gasteiger partial charge < -0.3 is 14.6 Å². The number of phenolic OH excluding ortho intramolecular Hbond substituents is 1. The number of hydrogen-bond donors (Lipinski definition) is 2. The summed E-state index contributed by atoms with van der Waals surface area (Å²) in [5.74, 6) is 1.44. The molecule has 31 heavy (non-hydrogen) atoms. The van der Waals surface area contributed by atoms with Gasteiger partial charge in [-0.25, -0.2) is 0 Å². The van der Waals surface area contributed by atoms with Gasteiger partial charge in [-0.15, -0.1) is 0 Å². The van der Waals surface area contributed by atoms with Crippen molar-refractivity contribution in [3.63, 3.8) is 0 Å². The molecular formula is C25H25BrN2O3. The van der Waals surface area contributed by atoms with Crippen molar-refractivity contribution in [3.05, 3.63) is 87.9 Å². The highest BCUT2D eigenvalue weighted by molar-refractivity contribution is 9.10. The number of phenols is 1. The van der Waals surface area contributed by atoms with Gasteiger partial charge in [-0.3, -0.25) is 10.3 Å². The Morgan fingerprint density at radius 1 is 1.10 bits per heavy atom. The highest BCUT2D eigenvalue weighted by Crippen LogP contribution is 2.39. The third-order valence-electron chi connectivity index (χ3n) is 5.31. The maximum absolute atomic E-state index is 10.9. The summed E-state index contributed by atoms with van der Waals surface area (Å²) in [4.78, 5) is 5.02. The largest absolute Gasteiger partial charge is 0.504 e. The Morgan fingerprint density at radius 2 is 1.90 bits per heavy atom. The molecular weight excluding hydrogens is 456 g/mol. The summed E-state index contributed by atoms with van der Waals surface area (Å²) in [7, 11) is 1.66. The second-order valence-electron chi connectivity index (χ2n) is 7.32. The Morgan fingerprint density at radius 3 is 2.68 bits per heavy atom. The second-order valence-corrected chi connectivity index (χ2v) is 8.23. The number of hydrogen-bond acceptors (Lipinski definition) is 5. The number of halogens is 1. The van der Waals surface area contributed by atoms with Crippen LogP contribution in [0.3, 0.4) is 0 Å². The summed E-state index contributed by atoms with van der Waals surface area (Å²) >= 11 is 3.56. The molecule has 0 saturated carbocycles. The van der Waals surface area contributed by atoms with Crippen LogP contribution in [0, 0.1) is 0 Å². The van der Waals surface area contributed by atoms with Crippen LogP contribution in [0.15, 0.2) is 76.2 Å². The lowest BCUT2D eigenvalue weighted by atomic mass is 9.93. The fraction of sp³-hybridized carbons (Fsp3) is 0.240. The fourth-order valence-electron chi connectivity index (χ4n) is 3.82. The van der Waals surface area contributed by atoms with Gasteiger partial charge in [0, 0.05) is 28.2 Å². The zero-order valence-corrected chi connectivity index (χ0v) is 19.1. The van der Waals surface area contributed by atoms with Crippen molar-refractivity contribution in [1.82, 2.24) is 5.32 Å². The first-order valence-corrected chi connectivity index (χ1v) is 11.1. The molecule has 4 rings (SSSR count). The van der Waals surface area contributed by atoms with Crippen LogP contribution in [0.25, 0.3) is 0 Å². The van der Waals surface area contributed by atoms with E-state index in [2.05, 4.69) is 33.4 Å². The van der Waals surface area contributed by atoms with E-state index in [1.54, 1.807) is 13.2 Å². The maximum Gasteiger partial charge on any atom is 0.162 e. The van der Waals surface area contributed by atoms with E-state index in [0.29, 0.717) is 18.8 Å². The number of aromatic hydroxyl groups is 1. The van der Waals surface area contributed by atoms with Gasteiger partial charge in [0.25, 0.3) is 0 Å². The molecule has 0 bridgehead atoms. The van der Waals surface area contributed by atoms with Gasteiger partial charge in [-0.05, 0) is 48.4 Å². The van der Waals surface area contributed by atoms with Gasteiger partial charge in [0.15, 0.2) is 11.5 Å². The number of nitrogens with zero attached hydrogens (tertiary/aromatic N) is 1. The molecule has 2 atom stereocenters. The Labute approximate surface area is 190 Å². The van der Waals surface area contributed by atoms with E-state index in [1.807, 2.05) is 55.5 Å². The number of para-hydroxylation sites is 1. The summed E-state index contributed by atoms with van der Waals surface area (Å²) in [5, 5.41) is 14.5. The van der Waals surface area contributed by atoms with E-state index in [9.17, 15) is 5.11 Å². The molecule has 2 N–H and O–H groups in total. The van der Waals surface area contributed by atoms with Gasteiger partial charge in [-0.2, -0.15) is 0 Å². The van der Waals surface area contributed by atoms with Crippen LogP contribution in [-0.2, 0) is 0 Å². The summed E-state index contributed by atoms with van der Waals surface area (Å²) in [6.45, 7) is 2.40. The number of benzene rings is 3. The number of methoxy groups -OCH3 is 1. The molecule has 0 aliphatic carbocycles. The van der Waals surface area contributed by atoms with E-state index in [0.717, 1.165) is 32.6 Å². The van der Waals surface area contributed by atoms with Gasteiger partial charge in [-0.1, -0.05) is 52.3 Å². The van der Waals surface area contributed by atoms with Crippen LogP contribution in [0.5, 0.6) is 17.2 Å². The average molecular weight is 481 g/mol. The smallest absolute Gasteiger partial charge is 0.162 e. The molecule has 6 heteroatoms. The molecule has 0 radical (unpaired) electrons. The predicted molar refractivity (Wildman–Crippen MR) is 126 cm³/mol. The molecule has 1 heterocycles. The van der Waals surface area contributed by atoms with Crippen molar-refractivity contribution in [1.29, 1.82) is 0 Å². The van der Waals surface area contributed by atoms with Gasteiger partial charge in [0.2, 0.25) is 0 Å². The lowest BCUT2D eigenvalue weighted by molar-refractivity contribution is 0.313. The SMILES string of the molecule is CCOc1cccc([C@H]2CC(c3cccc(Br)c3)=N[C@H](c3cccc(OC)c3)N2)c1O. The van der Waals surface area contributed by atoms with Gasteiger partial charge in [0.1, 0.15) is 11.9 Å². The highest BCUT2D eigenvalue weighted by atomic mass is 79.9. The lowest BCUT2D eigenvalue weighted by Gasteiger charge is -2.31. The molecule has 0 amide bonds. The van der Waals surface area contributed by atoms with Crippen molar-refractivity contribution < 1.29 is 14.6 Å². The van der Waals surface area contributed by atoms with Crippen LogP contribution in [-0.4, -0.2) is 24.5 Å². The van der Waals surface area contributed by atoms with Crippen molar-refractivity contribution in [2.24, 2.45) is 4.99 Å². The topological polar surface area (TPSA) is 63.1 Å². The molecule has 0 spiro atoms. The van der Waals surface area contributed by atoms with Crippen LogP contribution >= 0.6 is 15.9 Å². The van der Waals surface area contributed by atoms with Crippen molar-refractivity contribution in [3.8, 4) is 17.2 Å². The zero-order valence-electron chi connectivity index (χ0n) is 17.5. The fourth-order valence-corrected chi connectivity index (χ4v) is 4.22. The first-order chi connectivity index (χ1) is 15.1. The first-order valence-electron chi connectivity index (χ1n) is 10.3. The highest BCUT2D eigenvalue weighted by Gasteiger charge is 2.28. The maximum atomic E-state index is 10.9. The monoisotopic (exact) mass is 480 g/mol. The van der Waals surface area contributed by atoms with E-state index < -0.39 is 0 Å². The van der Waals surface area contributed by atoms with Crippen molar-refractivity contribution in [2.75, 3.05) is 13.7 Å². The molecule has 5 nitrogen and oxygen atoms in total. The molecule has 3 aromatic carbocycles. The molecule has 160 valence electrons. The van der Waals surface area contributed by atoms with Crippen LogP contribution in [0.2, 0.25) is 0 Å².